The third-order valence-corrected chi connectivity index (χ3v) is 3.03. The molecule has 0 bridgehead atoms. The number of nitrogens with zero attached hydrogens (tertiary/aromatic N) is 2. The molecule has 0 atom stereocenters. The highest BCUT2D eigenvalue weighted by molar-refractivity contribution is 5.98. The first-order valence-corrected chi connectivity index (χ1v) is 5.90. The first kappa shape index (κ1) is 15.2. The molecular formula is C13H13F3N2O3. The Bertz CT molecular complexity index is 679. The summed E-state index contributed by atoms with van der Waals surface area (Å²) < 4.78 is 42.0. The maximum Gasteiger partial charge on any atom is 0.573 e. The lowest BCUT2D eigenvalue weighted by Gasteiger charge is -2.14. The number of hydroxylamine groups is 2. The molecule has 1 aromatic carbocycles. The van der Waals surface area contributed by atoms with Crippen LogP contribution in [0.15, 0.2) is 24.3 Å². The van der Waals surface area contributed by atoms with Crippen LogP contribution in [0.4, 0.5) is 13.2 Å². The van der Waals surface area contributed by atoms with Crippen LogP contribution >= 0.6 is 0 Å². The number of hydrogen-bond acceptors (Lipinski definition) is 3. The monoisotopic (exact) mass is 302 g/mol. The van der Waals surface area contributed by atoms with Crippen LogP contribution in [0.5, 0.6) is 5.75 Å². The van der Waals surface area contributed by atoms with Crippen molar-refractivity contribution in [3.63, 3.8) is 0 Å². The van der Waals surface area contributed by atoms with Gasteiger partial charge in [-0.25, -0.2) is 5.06 Å². The second-order valence-corrected chi connectivity index (χ2v) is 4.34. The van der Waals surface area contributed by atoms with E-state index in [-0.39, 0.29) is 5.75 Å². The molecule has 0 aliphatic rings. The number of hydrogen-bond donors (Lipinski definition) is 0. The first-order valence-electron chi connectivity index (χ1n) is 5.90. The molecule has 0 saturated carbocycles. The van der Waals surface area contributed by atoms with Crippen molar-refractivity contribution in [2.24, 2.45) is 7.05 Å². The van der Waals surface area contributed by atoms with E-state index in [2.05, 4.69) is 4.74 Å². The number of aromatic nitrogens is 1. The number of carbonyl (C=O) groups is 1. The van der Waals surface area contributed by atoms with Crippen molar-refractivity contribution in [2.45, 2.75) is 6.36 Å². The number of alkyl halides is 3. The Hall–Kier alpha value is -2.22. The average Bonchev–Trinajstić information content (AvgIpc) is 2.72. The van der Waals surface area contributed by atoms with Gasteiger partial charge in [0.15, 0.2) is 0 Å². The minimum absolute atomic E-state index is 0.290. The Balaban J connectivity index is 2.45. The van der Waals surface area contributed by atoms with Gasteiger partial charge < -0.3 is 9.30 Å². The van der Waals surface area contributed by atoms with Gasteiger partial charge in [0.25, 0.3) is 5.91 Å². The first-order chi connectivity index (χ1) is 9.73. The molecular weight excluding hydrogens is 289 g/mol. The van der Waals surface area contributed by atoms with Gasteiger partial charge >= 0.3 is 6.36 Å². The molecule has 0 aliphatic heterocycles. The van der Waals surface area contributed by atoms with Crippen LogP contribution in [0.25, 0.3) is 10.9 Å². The van der Waals surface area contributed by atoms with E-state index in [0.717, 1.165) is 5.06 Å². The molecule has 8 heteroatoms. The van der Waals surface area contributed by atoms with Crippen LogP contribution in [-0.2, 0) is 11.9 Å². The minimum Gasteiger partial charge on any atom is -0.406 e. The predicted octanol–water partition coefficient (Wildman–Crippen LogP) is 2.71. The predicted molar refractivity (Wildman–Crippen MR) is 68.7 cm³/mol. The third-order valence-electron chi connectivity index (χ3n) is 3.03. The molecule has 2 aromatic rings. The third kappa shape index (κ3) is 3.10. The second kappa shape index (κ2) is 5.28. The van der Waals surface area contributed by atoms with E-state index in [1.807, 2.05) is 0 Å². The van der Waals surface area contributed by atoms with Gasteiger partial charge in [-0.05, 0) is 18.2 Å². The highest BCUT2D eigenvalue weighted by Gasteiger charge is 2.31. The zero-order valence-electron chi connectivity index (χ0n) is 11.6. The Morgan fingerprint density at radius 2 is 1.95 bits per heavy atom. The van der Waals surface area contributed by atoms with E-state index in [4.69, 9.17) is 4.84 Å². The minimum atomic E-state index is -4.76. The highest BCUT2D eigenvalue weighted by Crippen LogP contribution is 2.28. The Morgan fingerprint density at radius 3 is 2.52 bits per heavy atom. The summed E-state index contributed by atoms with van der Waals surface area (Å²) in [5, 5.41) is 1.65. The molecule has 0 fully saturated rings. The maximum atomic E-state index is 12.2. The number of rotatable bonds is 3. The number of aryl methyl sites for hydroxylation is 1. The normalized spacial score (nSPS) is 11.7. The smallest absolute Gasteiger partial charge is 0.406 e. The SMILES string of the molecule is CON(C)C(=O)c1cc2ccc(OC(F)(F)F)cc2n1C. The molecule has 1 amide bonds. The maximum absolute atomic E-state index is 12.2. The fraction of sp³-hybridized carbons (Fsp3) is 0.308. The lowest BCUT2D eigenvalue weighted by molar-refractivity contribution is -0.274. The summed E-state index contributed by atoms with van der Waals surface area (Å²) in [7, 11) is 4.37. The number of amides is 1. The molecule has 2 rings (SSSR count). The van der Waals surface area contributed by atoms with Crippen LogP contribution in [-0.4, -0.2) is 36.1 Å². The number of fused-ring (bicyclic) bond motifs is 1. The van der Waals surface area contributed by atoms with Crippen molar-refractivity contribution in [3.05, 3.63) is 30.0 Å². The molecule has 1 aromatic heterocycles. The molecule has 0 spiro atoms. The van der Waals surface area contributed by atoms with Crippen molar-refractivity contribution in [1.29, 1.82) is 0 Å². The van der Waals surface area contributed by atoms with Gasteiger partial charge in [0, 0.05) is 25.5 Å². The standard InChI is InChI=1S/C13H13F3N2O3/c1-17-10-7-9(21-13(14,15)16)5-4-8(10)6-11(17)12(19)18(2)20-3/h4-7H,1-3H3. The number of ether oxygens (including phenoxy) is 1. The summed E-state index contributed by atoms with van der Waals surface area (Å²) in [6.45, 7) is 0. The molecule has 0 aliphatic carbocycles. The lowest BCUT2D eigenvalue weighted by atomic mass is 10.2. The van der Waals surface area contributed by atoms with E-state index < -0.39 is 12.3 Å². The van der Waals surface area contributed by atoms with Crippen molar-refractivity contribution >= 4 is 16.8 Å². The Labute approximate surface area is 118 Å². The van der Waals surface area contributed by atoms with Crippen LogP contribution in [0, 0.1) is 0 Å². The number of carbonyl (C=O) groups excluding carboxylic acids is 1. The zero-order chi connectivity index (χ0) is 15.8. The van der Waals surface area contributed by atoms with E-state index in [0.29, 0.717) is 16.6 Å². The van der Waals surface area contributed by atoms with Crippen molar-refractivity contribution in [1.82, 2.24) is 9.63 Å². The molecule has 0 saturated heterocycles. The van der Waals surface area contributed by atoms with E-state index in [9.17, 15) is 18.0 Å². The summed E-state index contributed by atoms with van der Waals surface area (Å²) in [4.78, 5) is 16.9. The number of halogens is 3. The second-order valence-electron chi connectivity index (χ2n) is 4.34. The molecule has 0 unspecified atom stereocenters. The van der Waals surface area contributed by atoms with Crippen molar-refractivity contribution in [3.8, 4) is 5.75 Å². The summed E-state index contributed by atoms with van der Waals surface area (Å²) in [6.07, 6.45) is -4.76. The molecule has 0 N–H and O–H groups in total. The van der Waals surface area contributed by atoms with Crippen molar-refractivity contribution in [2.75, 3.05) is 14.2 Å². The van der Waals surface area contributed by atoms with E-state index >= 15 is 0 Å². The zero-order valence-corrected chi connectivity index (χ0v) is 11.6. The van der Waals surface area contributed by atoms with Gasteiger partial charge in [-0.15, -0.1) is 13.2 Å². The Morgan fingerprint density at radius 1 is 1.29 bits per heavy atom. The summed E-state index contributed by atoms with van der Waals surface area (Å²) in [5.74, 6) is -0.746. The quantitative estimate of drug-likeness (QED) is 0.819. The lowest BCUT2D eigenvalue weighted by Crippen LogP contribution is -2.27. The van der Waals surface area contributed by atoms with Gasteiger partial charge in [0.05, 0.1) is 12.6 Å². The average molecular weight is 302 g/mol. The molecule has 0 radical (unpaired) electrons. The van der Waals surface area contributed by atoms with Gasteiger partial charge in [0.1, 0.15) is 11.4 Å². The van der Waals surface area contributed by atoms with Crippen LogP contribution in [0.2, 0.25) is 0 Å². The summed E-state index contributed by atoms with van der Waals surface area (Å²) in [6, 6.07) is 5.46. The van der Waals surface area contributed by atoms with E-state index in [1.54, 1.807) is 13.1 Å². The van der Waals surface area contributed by atoms with Gasteiger partial charge in [-0.1, -0.05) is 0 Å². The molecule has 5 nitrogen and oxygen atoms in total. The van der Waals surface area contributed by atoms with Gasteiger partial charge in [-0.2, -0.15) is 0 Å². The molecule has 21 heavy (non-hydrogen) atoms. The van der Waals surface area contributed by atoms with Gasteiger partial charge in [-0.3, -0.25) is 9.63 Å². The fourth-order valence-corrected chi connectivity index (χ4v) is 1.96. The number of benzene rings is 1. The molecule has 1 heterocycles. The van der Waals surface area contributed by atoms with E-state index in [1.165, 1.54) is 36.9 Å². The van der Waals surface area contributed by atoms with Gasteiger partial charge in [0.2, 0.25) is 0 Å². The van der Waals surface area contributed by atoms with Crippen LogP contribution in [0.3, 0.4) is 0 Å². The van der Waals surface area contributed by atoms with Crippen molar-refractivity contribution < 1.29 is 27.5 Å². The fourth-order valence-electron chi connectivity index (χ4n) is 1.96. The molecule has 114 valence electrons. The topological polar surface area (TPSA) is 43.7 Å². The van der Waals surface area contributed by atoms with Crippen LogP contribution < -0.4 is 4.74 Å². The summed E-state index contributed by atoms with van der Waals surface area (Å²) >= 11 is 0. The summed E-state index contributed by atoms with van der Waals surface area (Å²) in [5.41, 5.74) is 0.739. The largest absolute Gasteiger partial charge is 0.573 e. The highest BCUT2D eigenvalue weighted by atomic mass is 19.4. The van der Waals surface area contributed by atoms with Crippen LogP contribution in [0.1, 0.15) is 10.5 Å². The Kier molecular flexibility index (Phi) is 3.82.